The first-order valence-electron chi connectivity index (χ1n) is 10.4. The molecule has 150 valence electrons. The number of benzene rings is 2. The molecule has 0 bridgehead atoms. The van der Waals surface area contributed by atoms with Crippen LogP contribution >= 0.6 is 0 Å². The number of amides is 1. The predicted molar refractivity (Wildman–Crippen MR) is 116 cm³/mol. The van der Waals surface area contributed by atoms with Gasteiger partial charge in [-0.3, -0.25) is 14.5 Å². The van der Waals surface area contributed by atoms with Gasteiger partial charge in [-0.05, 0) is 54.6 Å². The Morgan fingerprint density at radius 2 is 1.62 bits per heavy atom. The van der Waals surface area contributed by atoms with Crippen LogP contribution in [0.1, 0.15) is 47.3 Å². The highest BCUT2D eigenvalue weighted by molar-refractivity contribution is 5.96. The zero-order valence-electron chi connectivity index (χ0n) is 16.6. The lowest BCUT2D eigenvalue weighted by Crippen LogP contribution is -2.26. The molecule has 1 amide bonds. The van der Waals surface area contributed by atoms with E-state index in [0.717, 1.165) is 17.5 Å². The highest BCUT2D eigenvalue weighted by atomic mass is 16.2. The second-order valence-electron chi connectivity index (χ2n) is 7.79. The summed E-state index contributed by atoms with van der Waals surface area (Å²) < 4.78 is 0. The largest absolute Gasteiger partial charge is 0.347 e. The molecule has 0 atom stereocenters. The third-order valence-electron chi connectivity index (χ3n) is 5.58. The first-order chi connectivity index (χ1) is 14.2. The van der Waals surface area contributed by atoms with Crippen LogP contribution in [0.25, 0.3) is 10.8 Å². The molecule has 0 spiro atoms. The van der Waals surface area contributed by atoms with Gasteiger partial charge < -0.3 is 10.3 Å². The van der Waals surface area contributed by atoms with Crippen molar-refractivity contribution in [2.75, 3.05) is 13.1 Å². The van der Waals surface area contributed by atoms with Gasteiger partial charge >= 0.3 is 0 Å². The second-order valence-corrected chi connectivity index (χ2v) is 7.79. The van der Waals surface area contributed by atoms with Gasteiger partial charge in [0.15, 0.2) is 0 Å². The van der Waals surface area contributed by atoms with Crippen molar-refractivity contribution in [1.29, 1.82) is 0 Å². The van der Waals surface area contributed by atoms with Crippen LogP contribution in [-0.4, -0.2) is 28.9 Å². The molecular weight excluding hydrogens is 362 g/mol. The van der Waals surface area contributed by atoms with Crippen molar-refractivity contribution < 1.29 is 4.79 Å². The maximum Gasteiger partial charge on any atom is 0.268 e. The molecule has 0 radical (unpaired) electrons. The van der Waals surface area contributed by atoms with Crippen LogP contribution in [0, 0.1) is 0 Å². The van der Waals surface area contributed by atoms with Crippen LogP contribution in [-0.2, 0) is 13.1 Å². The third-order valence-corrected chi connectivity index (χ3v) is 5.58. The van der Waals surface area contributed by atoms with E-state index in [1.54, 1.807) is 12.1 Å². The Balaban J connectivity index is 1.36. The molecule has 5 heteroatoms. The van der Waals surface area contributed by atoms with Gasteiger partial charge in [0, 0.05) is 18.5 Å². The van der Waals surface area contributed by atoms with E-state index in [1.807, 2.05) is 18.2 Å². The number of hydrogen-bond donors (Lipinski definition) is 2. The number of nitrogens with zero attached hydrogens (tertiary/aromatic N) is 1. The molecular formula is C24H27N3O2. The summed E-state index contributed by atoms with van der Waals surface area (Å²) in [5.74, 6) is -0.276. The minimum atomic E-state index is -0.276. The average Bonchev–Trinajstić information content (AvgIpc) is 3.02. The van der Waals surface area contributed by atoms with Crippen LogP contribution in [0.15, 0.2) is 59.4 Å². The van der Waals surface area contributed by atoms with Crippen molar-refractivity contribution in [2.45, 2.75) is 38.8 Å². The zero-order valence-corrected chi connectivity index (χ0v) is 16.6. The monoisotopic (exact) mass is 389 g/mol. The van der Waals surface area contributed by atoms with E-state index in [9.17, 15) is 9.59 Å². The Kier molecular flexibility index (Phi) is 6.06. The van der Waals surface area contributed by atoms with Gasteiger partial charge in [-0.2, -0.15) is 0 Å². The molecule has 1 aliphatic rings. The van der Waals surface area contributed by atoms with Crippen molar-refractivity contribution >= 4 is 16.7 Å². The SMILES string of the molecule is O=C(NCc1ccc(CN2CCCCCC2)cc1)c1cc2ccccc2c(=O)[nH]1. The third kappa shape index (κ3) is 4.93. The number of nitrogens with one attached hydrogen (secondary N) is 2. The number of pyridine rings is 1. The molecule has 1 fully saturated rings. The Morgan fingerprint density at radius 1 is 0.931 bits per heavy atom. The first-order valence-corrected chi connectivity index (χ1v) is 10.4. The summed E-state index contributed by atoms with van der Waals surface area (Å²) in [6.07, 6.45) is 5.27. The van der Waals surface area contributed by atoms with E-state index >= 15 is 0 Å². The van der Waals surface area contributed by atoms with Crippen molar-refractivity contribution in [3.05, 3.63) is 81.8 Å². The lowest BCUT2D eigenvalue weighted by atomic mass is 10.1. The summed E-state index contributed by atoms with van der Waals surface area (Å²) in [6.45, 7) is 3.78. The van der Waals surface area contributed by atoms with Crippen molar-refractivity contribution in [2.24, 2.45) is 0 Å². The number of aromatic amines is 1. The van der Waals surface area contributed by atoms with E-state index in [0.29, 0.717) is 11.9 Å². The van der Waals surface area contributed by atoms with Gasteiger partial charge in [-0.1, -0.05) is 55.3 Å². The first kappa shape index (κ1) is 19.4. The number of hydrogen-bond acceptors (Lipinski definition) is 3. The van der Waals surface area contributed by atoms with Gasteiger partial charge in [0.25, 0.3) is 11.5 Å². The predicted octanol–water partition coefficient (Wildman–Crippen LogP) is 3.83. The summed E-state index contributed by atoms with van der Waals surface area (Å²) in [6, 6.07) is 17.4. The molecule has 0 unspecified atom stereocenters. The summed E-state index contributed by atoms with van der Waals surface area (Å²) in [4.78, 5) is 29.8. The minimum absolute atomic E-state index is 0.244. The fraction of sp³-hybridized carbons (Fsp3) is 0.333. The van der Waals surface area contributed by atoms with Gasteiger partial charge in [0.05, 0.1) is 0 Å². The van der Waals surface area contributed by atoms with Gasteiger partial charge in [0.2, 0.25) is 0 Å². The highest BCUT2D eigenvalue weighted by Gasteiger charge is 2.11. The lowest BCUT2D eigenvalue weighted by molar-refractivity contribution is 0.0946. The fourth-order valence-electron chi connectivity index (χ4n) is 3.93. The second kappa shape index (κ2) is 9.05. The molecule has 2 N–H and O–H groups in total. The van der Waals surface area contributed by atoms with Crippen LogP contribution < -0.4 is 10.9 Å². The molecule has 2 aromatic carbocycles. The molecule has 1 aliphatic heterocycles. The van der Waals surface area contributed by atoms with Crippen molar-refractivity contribution in [1.82, 2.24) is 15.2 Å². The van der Waals surface area contributed by atoms with Gasteiger partial charge in [-0.25, -0.2) is 0 Å². The van der Waals surface area contributed by atoms with Crippen LogP contribution in [0.4, 0.5) is 0 Å². The van der Waals surface area contributed by atoms with Crippen molar-refractivity contribution in [3.8, 4) is 0 Å². The van der Waals surface area contributed by atoms with Crippen LogP contribution in [0.3, 0.4) is 0 Å². The average molecular weight is 389 g/mol. The summed E-state index contributed by atoms with van der Waals surface area (Å²) in [5.41, 5.74) is 2.39. The molecule has 1 aromatic heterocycles. The number of carbonyl (C=O) groups excluding carboxylic acids is 1. The summed E-state index contributed by atoms with van der Waals surface area (Å²) in [7, 11) is 0. The van der Waals surface area contributed by atoms with E-state index in [4.69, 9.17) is 0 Å². The van der Waals surface area contributed by atoms with Crippen LogP contribution in [0.5, 0.6) is 0 Å². The number of fused-ring (bicyclic) bond motifs is 1. The number of H-pyrrole nitrogens is 1. The molecule has 4 rings (SSSR count). The van der Waals surface area contributed by atoms with Gasteiger partial charge in [0.1, 0.15) is 5.69 Å². The molecule has 5 nitrogen and oxygen atoms in total. The molecule has 1 saturated heterocycles. The van der Waals surface area contributed by atoms with Crippen molar-refractivity contribution in [3.63, 3.8) is 0 Å². The fourth-order valence-corrected chi connectivity index (χ4v) is 3.93. The smallest absolute Gasteiger partial charge is 0.268 e. The number of aromatic nitrogens is 1. The van der Waals surface area contributed by atoms with E-state index in [2.05, 4.69) is 39.5 Å². The normalized spacial score (nSPS) is 15.2. The van der Waals surface area contributed by atoms with E-state index in [-0.39, 0.29) is 17.2 Å². The van der Waals surface area contributed by atoms with Crippen LogP contribution in [0.2, 0.25) is 0 Å². The minimum Gasteiger partial charge on any atom is -0.347 e. The number of rotatable bonds is 5. The molecule has 2 heterocycles. The Morgan fingerprint density at radius 3 is 2.38 bits per heavy atom. The molecule has 3 aromatic rings. The standard InChI is InChI=1S/C24H27N3O2/c28-23-21-8-4-3-7-20(21)15-22(26-23)24(29)25-16-18-9-11-19(12-10-18)17-27-13-5-1-2-6-14-27/h3-4,7-12,15H,1-2,5-6,13-14,16-17H2,(H,25,29)(H,26,28). The Labute approximate surface area is 170 Å². The topological polar surface area (TPSA) is 65.2 Å². The number of carbonyl (C=O) groups is 1. The van der Waals surface area contributed by atoms with E-state index in [1.165, 1.54) is 44.3 Å². The zero-order chi connectivity index (χ0) is 20.1. The van der Waals surface area contributed by atoms with E-state index < -0.39 is 0 Å². The summed E-state index contributed by atoms with van der Waals surface area (Å²) >= 11 is 0. The maximum absolute atomic E-state index is 12.5. The maximum atomic E-state index is 12.5. The Hall–Kier alpha value is -2.92. The molecule has 0 aliphatic carbocycles. The quantitative estimate of drug-likeness (QED) is 0.697. The lowest BCUT2D eigenvalue weighted by Gasteiger charge is -2.19. The van der Waals surface area contributed by atoms with Gasteiger partial charge in [-0.15, -0.1) is 0 Å². The Bertz CT molecular complexity index is 1030. The summed E-state index contributed by atoms with van der Waals surface area (Å²) in [5, 5.41) is 4.25. The highest BCUT2D eigenvalue weighted by Crippen LogP contribution is 2.14. The molecule has 29 heavy (non-hydrogen) atoms. The number of likely N-dealkylation sites (tertiary alicyclic amines) is 1. The molecule has 0 saturated carbocycles.